The van der Waals surface area contributed by atoms with Gasteiger partial charge in [-0.2, -0.15) is 0 Å². The number of esters is 1. The number of aliphatic hydroxyl groups is 1. The lowest BCUT2D eigenvalue weighted by atomic mass is 9.74. The Hall–Kier alpha value is -2.13. The van der Waals surface area contributed by atoms with E-state index in [1.54, 1.807) is 0 Å². The number of carbonyl (C=O) groups is 1. The minimum atomic E-state index is -1.21. The number of benzene rings is 2. The van der Waals surface area contributed by atoms with E-state index >= 15 is 0 Å². The van der Waals surface area contributed by atoms with Crippen LogP contribution in [-0.4, -0.2) is 17.7 Å². The van der Waals surface area contributed by atoms with Crippen LogP contribution in [0.15, 0.2) is 60.7 Å². The molecule has 2 aromatic carbocycles. The average Bonchev–Trinajstić information content (AvgIpc) is 2.49. The SMILES string of the molecule is O=C1OCCC(O)(c2ccccc2)C1c1ccccc1. The van der Waals surface area contributed by atoms with Crippen LogP contribution in [0.25, 0.3) is 0 Å². The molecule has 0 spiro atoms. The molecule has 1 saturated heterocycles. The van der Waals surface area contributed by atoms with Gasteiger partial charge in [0.2, 0.25) is 0 Å². The smallest absolute Gasteiger partial charge is 0.316 e. The molecule has 1 N–H and O–H groups in total. The number of hydrogen-bond donors (Lipinski definition) is 1. The normalized spacial score (nSPS) is 26.1. The first kappa shape index (κ1) is 12.9. The first-order valence-corrected chi connectivity index (χ1v) is 6.71. The third-order valence-electron chi connectivity index (χ3n) is 3.85. The van der Waals surface area contributed by atoms with Crippen molar-refractivity contribution in [3.8, 4) is 0 Å². The third-order valence-corrected chi connectivity index (χ3v) is 3.85. The number of rotatable bonds is 2. The largest absolute Gasteiger partial charge is 0.465 e. The molecule has 0 amide bonds. The molecular formula is C17H16O3. The van der Waals surface area contributed by atoms with Crippen molar-refractivity contribution in [3.05, 3.63) is 71.8 Å². The number of carbonyl (C=O) groups excluding carboxylic acids is 1. The maximum absolute atomic E-state index is 12.2. The van der Waals surface area contributed by atoms with E-state index in [0.717, 1.165) is 11.1 Å². The molecule has 1 heterocycles. The Bertz CT molecular complexity index is 594. The second-order valence-corrected chi connectivity index (χ2v) is 5.05. The van der Waals surface area contributed by atoms with Crippen LogP contribution in [0, 0.1) is 0 Å². The molecule has 102 valence electrons. The maximum Gasteiger partial charge on any atom is 0.316 e. The first-order valence-electron chi connectivity index (χ1n) is 6.71. The van der Waals surface area contributed by atoms with Gasteiger partial charge in [-0.25, -0.2) is 0 Å². The highest BCUT2D eigenvalue weighted by atomic mass is 16.5. The molecule has 0 aliphatic carbocycles. The molecule has 3 heteroatoms. The van der Waals surface area contributed by atoms with Crippen molar-refractivity contribution < 1.29 is 14.6 Å². The van der Waals surface area contributed by atoms with Gasteiger partial charge in [-0.05, 0) is 11.1 Å². The van der Waals surface area contributed by atoms with Crippen molar-refractivity contribution in [2.24, 2.45) is 0 Å². The summed E-state index contributed by atoms with van der Waals surface area (Å²) in [6.45, 7) is 0.244. The van der Waals surface area contributed by atoms with Gasteiger partial charge in [0.1, 0.15) is 11.5 Å². The summed E-state index contributed by atoms with van der Waals surface area (Å²) >= 11 is 0. The minimum absolute atomic E-state index is 0.244. The second kappa shape index (κ2) is 5.10. The molecule has 20 heavy (non-hydrogen) atoms. The summed E-state index contributed by atoms with van der Waals surface area (Å²) in [7, 11) is 0. The predicted octanol–water partition coefficient (Wildman–Crippen LogP) is 2.60. The van der Waals surface area contributed by atoms with Crippen molar-refractivity contribution >= 4 is 5.97 Å². The van der Waals surface area contributed by atoms with Crippen LogP contribution in [0.2, 0.25) is 0 Å². The molecule has 1 fully saturated rings. The summed E-state index contributed by atoms with van der Waals surface area (Å²) < 4.78 is 5.16. The first-order chi connectivity index (χ1) is 9.72. The fraction of sp³-hybridized carbons (Fsp3) is 0.235. The van der Waals surface area contributed by atoms with Gasteiger partial charge < -0.3 is 9.84 Å². The zero-order valence-corrected chi connectivity index (χ0v) is 11.0. The zero-order chi connectivity index (χ0) is 14.0. The van der Waals surface area contributed by atoms with E-state index in [1.165, 1.54) is 0 Å². The molecule has 1 aliphatic rings. The Kier molecular flexibility index (Phi) is 3.28. The zero-order valence-electron chi connectivity index (χ0n) is 11.0. The topological polar surface area (TPSA) is 46.5 Å². The van der Waals surface area contributed by atoms with Gasteiger partial charge in [0, 0.05) is 6.42 Å². The lowest BCUT2D eigenvalue weighted by Crippen LogP contribution is -2.44. The average molecular weight is 268 g/mol. The summed E-state index contributed by atoms with van der Waals surface area (Å²) in [5.41, 5.74) is 0.326. The van der Waals surface area contributed by atoms with Crippen LogP contribution < -0.4 is 0 Å². The quantitative estimate of drug-likeness (QED) is 0.852. The summed E-state index contributed by atoms with van der Waals surface area (Å²) in [4.78, 5) is 12.2. The molecule has 0 aromatic heterocycles. The number of hydrogen-bond acceptors (Lipinski definition) is 3. The van der Waals surface area contributed by atoms with Gasteiger partial charge in [-0.1, -0.05) is 60.7 Å². The van der Waals surface area contributed by atoms with Gasteiger partial charge in [-0.3, -0.25) is 4.79 Å². The van der Waals surface area contributed by atoms with Gasteiger partial charge >= 0.3 is 5.97 Å². The lowest BCUT2D eigenvalue weighted by molar-refractivity contribution is -0.166. The van der Waals surface area contributed by atoms with E-state index < -0.39 is 11.5 Å². The van der Waals surface area contributed by atoms with Crippen molar-refractivity contribution in [3.63, 3.8) is 0 Å². The van der Waals surface area contributed by atoms with Crippen LogP contribution in [0.5, 0.6) is 0 Å². The van der Waals surface area contributed by atoms with Gasteiger partial charge in [0.05, 0.1) is 6.61 Å². The van der Waals surface area contributed by atoms with Crippen LogP contribution in [-0.2, 0) is 15.1 Å². The van der Waals surface area contributed by atoms with Crippen molar-refractivity contribution in [2.45, 2.75) is 17.9 Å². The highest BCUT2D eigenvalue weighted by molar-refractivity contribution is 5.81. The summed E-state index contributed by atoms with van der Waals surface area (Å²) in [5, 5.41) is 11.1. The van der Waals surface area contributed by atoms with E-state index in [1.807, 2.05) is 60.7 Å². The highest BCUT2D eigenvalue weighted by Crippen LogP contribution is 2.43. The van der Waals surface area contributed by atoms with Crippen molar-refractivity contribution in [1.82, 2.24) is 0 Å². The van der Waals surface area contributed by atoms with E-state index in [4.69, 9.17) is 4.74 Å². The molecule has 2 unspecified atom stereocenters. The van der Waals surface area contributed by atoms with E-state index in [0.29, 0.717) is 6.42 Å². The molecule has 3 rings (SSSR count). The number of ether oxygens (including phenoxy) is 1. The van der Waals surface area contributed by atoms with Gasteiger partial charge in [0.15, 0.2) is 0 Å². The van der Waals surface area contributed by atoms with Gasteiger partial charge in [0.25, 0.3) is 0 Å². The van der Waals surface area contributed by atoms with Crippen molar-refractivity contribution in [1.29, 1.82) is 0 Å². The fourth-order valence-corrected chi connectivity index (χ4v) is 2.82. The molecule has 2 aromatic rings. The third kappa shape index (κ3) is 2.10. The molecule has 2 atom stereocenters. The van der Waals surface area contributed by atoms with Crippen molar-refractivity contribution in [2.75, 3.05) is 6.61 Å². The van der Waals surface area contributed by atoms with Crippen LogP contribution >= 0.6 is 0 Å². The second-order valence-electron chi connectivity index (χ2n) is 5.05. The fourth-order valence-electron chi connectivity index (χ4n) is 2.82. The Labute approximate surface area is 117 Å². The van der Waals surface area contributed by atoms with E-state index in [9.17, 15) is 9.90 Å². The minimum Gasteiger partial charge on any atom is -0.465 e. The molecule has 0 radical (unpaired) electrons. The maximum atomic E-state index is 12.2. The Morgan fingerprint density at radius 1 is 1.00 bits per heavy atom. The molecule has 0 bridgehead atoms. The Morgan fingerprint density at radius 3 is 2.25 bits per heavy atom. The van der Waals surface area contributed by atoms with Gasteiger partial charge in [-0.15, -0.1) is 0 Å². The predicted molar refractivity (Wildman–Crippen MR) is 75.1 cm³/mol. The standard InChI is InChI=1S/C17H16O3/c18-16-15(13-7-3-1-4-8-13)17(19,11-12-20-16)14-9-5-2-6-10-14/h1-10,15,19H,11-12H2. The highest BCUT2D eigenvalue weighted by Gasteiger charge is 2.47. The summed E-state index contributed by atoms with van der Waals surface area (Å²) in [6, 6.07) is 18.7. The van der Waals surface area contributed by atoms with E-state index in [2.05, 4.69) is 0 Å². The molecule has 0 saturated carbocycles. The Morgan fingerprint density at radius 2 is 1.60 bits per heavy atom. The summed E-state index contributed by atoms with van der Waals surface area (Å²) in [6.07, 6.45) is 0.405. The molecule has 3 nitrogen and oxygen atoms in total. The van der Waals surface area contributed by atoms with E-state index in [-0.39, 0.29) is 12.6 Å². The summed E-state index contributed by atoms with van der Waals surface area (Å²) in [5.74, 6) is -1.05. The Balaban J connectivity index is 2.09. The van der Waals surface area contributed by atoms with Crippen LogP contribution in [0.4, 0.5) is 0 Å². The lowest BCUT2D eigenvalue weighted by Gasteiger charge is -2.39. The van der Waals surface area contributed by atoms with Crippen LogP contribution in [0.1, 0.15) is 23.5 Å². The number of cyclic esters (lactones) is 1. The molecule has 1 aliphatic heterocycles. The monoisotopic (exact) mass is 268 g/mol. The van der Waals surface area contributed by atoms with Crippen LogP contribution in [0.3, 0.4) is 0 Å². The molecular weight excluding hydrogens is 252 g/mol.